The van der Waals surface area contributed by atoms with Crippen molar-refractivity contribution >= 4 is 44.6 Å². The number of ether oxygens (including phenoxy) is 1. The second-order valence-corrected chi connectivity index (χ2v) is 5.37. The molecule has 6 nitrogen and oxygen atoms in total. The number of hydrogen-bond donors (Lipinski definition) is 2. The molecule has 8 heteroatoms. The van der Waals surface area contributed by atoms with Gasteiger partial charge in [-0.15, -0.1) is 0 Å². The van der Waals surface area contributed by atoms with Crippen molar-refractivity contribution in [3.8, 4) is 0 Å². The molecule has 0 fully saturated rings. The highest BCUT2D eigenvalue weighted by Crippen LogP contribution is 2.13. The normalized spacial score (nSPS) is 10.6. The molecular formula is C8H9IN2O4S. The fourth-order valence-corrected chi connectivity index (χ4v) is 2.22. The smallest absolute Gasteiger partial charge is 0.422 e. The summed E-state index contributed by atoms with van der Waals surface area (Å²) in [6.45, 7) is 0. The second-order valence-electron chi connectivity index (χ2n) is 2.71. The monoisotopic (exact) mass is 356 g/mol. The molecule has 0 heterocycles. The molecule has 0 atom stereocenters. The molecule has 0 saturated carbocycles. The van der Waals surface area contributed by atoms with Gasteiger partial charge in [-0.05, 0) is 40.8 Å². The van der Waals surface area contributed by atoms with E-state index in [9.17, 15) is 13.2 Å². The number of amides is 1. The highest BCUT2D eigenvalue weighted by Gasteiger charge is 2.14. The molecule has 0 radical (unpaired) electrons. The third-order valence-electron chi connectivity index (χ3n) is 1.48. The van der Waals surface area contributed by atoms with Crippen LogP contribution in [-0.2, 0) is 14.9 Å². The Morgan fingerprint density at radius 3 is 2.69 bits per heavy atom. The minimum atomic E-state index is -3.94. The molecule has 16 heavy (non-hydrogen) atoms. The van der Waals surface area contributed by atoms with Crippen LogP contribution in [0.2, 0.25) is 0 Å². The number of nitrogens with one attached hydrogen (secondary N) is 2. The number of benzene rings is 1. The van der Waals surface area contributed by atoms with Gasteiger partial charge in [-0.2, -0.15) is 8.42 Å². The molecule has 0 spiro atoms. The van der Waals surface area contributed by atoms with Crippen molar-refractivity contribution in [1.82, 2.24) is 4.72 Å². The zero-order chi connectivity index (χ0) is 12.2. The first-order valence-corrected chi connectivity index (χ1v) is 6.63. The summed E-state index contributed by atoms with van der Waals surface area (Å²) < 4.78 is 31.6. The van der Waals surface area contributed by atoms with Gasteiger partial charge in [0.1, 0.15) is 0 Å². The van der Waals surface area contributed by atoms with Crippen molar-refractivity contribution in [2.45, 2.75) is 0 Å². The predicted octanol–water partition coefficient (Wildman–Crippen LogP) is 1.30. The van der Waals surface area contributed by atoms with Gasteiger partial charge in [0.2, 0.25) is 0 Å². The summed E-state index contributed by atoms with van der Waals surface area (Å²) in [7, 11) is -2.86. The Morgan fingerprint density at radius 2 is 2.12 bits per heavy atom. The van der Waals surface area contributed by atoms with Crippen LogP contribution in [0, 0.1) is 3.57 Å². The van der Waals surface area contributed by atoms with Crippen LogP contribution in [0.5, 0.6) is 0 Å². The minimum absolute atomic E-state index is 0.364. The van der Waals surface area contributed by atoms with Gasteiger partial charge in [-0.3, -0.25) is 4.72 Å². The summed E-state index contributed by atoms with van der Waals surface area (Å²) in [5, 5.41) is 0. The third-order valence-corrected chi connectivity index (χ3v) is 3.09. The maximum Gasteiger partial charge on any atom is 0.422 e. The van der Waals surface area contributed by atoms with E-state index in [1.54, 1.807) is 22.9 Å². The second kappa shape index (κ2) is 5.34. The van der Waals surface area contributed by atoms with Crippen molar-refractivity contribution in [3.63, 3.8) is 0 Å². The van der Waals surface area contributed by atoms with E-state index in [0.29, 0.717) is 5.69 Å². The topological polar surface area (TPSA) is 84.5 Å². The molecule has 0 aliphatic rings. The molecule has 1 rings (SSSR count). The number of halogens is 1. The van der Waals surface area contributed by atoms with E-state index in [1.807, 2.05) is 28.7 Å². The molecule has 0 aliphatic heterocycles. The average Bonchev–Trinajstić information content (AvgIpc) is 2.15. The molecule has 0 aromatic heterocycles. The Hall–Kier alpha value is -1.03. The van der Waals surface area contributed by atoms with Gasteiger partial charge < -0.3 is 4.74 Å². The zero-order valence-corrected chi connectivity index (χ0v) is 11.2. The summed E-state index contributed by atoms with van der Waals surface area (Å²) in [6.07, 6.45) is -1.04. The third kappa shape index (κ3) is 4.23. The van der Waals surface area contributed by atoms with E-state index in [-0.39, 0.29) is 0 Å². The highest BCUT2D eigenvalue weighted by atomic mass is 127. The van der Waals surface area contributed by atoms with Gasteiger partial charge >= 0.3 is 16.3 Å². The van der Waals surface area contributed by atoms with E-state index in [4.69, 9.17) is 0 Å². The van der Waals surface area contributed by atoms with E-state index in [0.717, 1.165) is 10.7 Å². The molecule has 1 amide bonds. The quantitative estimate of drug-likeness (QED) is 0.800. The lowest BCUT2D eigenvalue weighted by Crippen LogP contribution is -2.35. The van der Waals surface area contributed by atoms with E-state index >= 15 is 0 Å². The summed E-state index contributed by atoms with van der Waals surface area (Å²) in [5.74, 6) is 0. The molecule has 0 saturated heterocycles. The first kappa shape index (κ1) is 13.0. The molecule has 0 bridgehead atoms. The maximum absolute atomic E-state index is 11.4. The fraction of sp³-hybridized carbons (Fsp3) is 0.125. The van der Waals surface area contributed by atoms with Gasteiger partial charge in [0, 0.05) is 3.57 Å². The van der Waals surface area contributed by atoms with Gasteiger partial charge in [0.25, 0.3) is 0 Å². The SMILES string of the molecule is COC(=O)NS(=O)(=O)Nc1cccc(I)c1. The highest BCUT2D eigenvalue weighted by molar-refractivity contribution is 14.1. The van der Waals surface area contributed by atoms with Crippen LogP contribution in [0.15, 0.2) is 24.3 Å². The summed E-state index contributed by atoms with van der Waals surface area (Å²) in [6, 6.07) is 6.69. The standard InChI is InChI=1S/C8H9IN2O4S/c1-15-8(12)11-16(13,14)10-7-4-2-3-6(9)5-7/h2-5,10H,1H3,(H,11,12). The van der Waals surface area contributed by atoms with Crippen LogP contribution in [0.4, 0.5) is 10.5 Å². The van der Waals surface area contributed by atoms with Gasteiger partial charge in [-0.1, -0.05) is 6.07 Å². The first-order valence-electron chi connectivity index (χ1n) is 4.07. The number of carbonyl (C=O) groups excluding carboxylic acids is 1. The van der Waals surface area contributed by atoms with Gasteiger partial charge in [0.15, 0.2) is 0 Å². The van der Waals surface area contributed by atoms with Crippen LogP contribution < -0.4 is 9.44 Å². The lowest BCUT2D eigenvalue weighted by Gasteiger charge is -2.08. The van der Waals surface area contributed by atoms with Gasteiger partial charge in [-0.25, -0.2) is 9.52 Å². The van der Waals surface area contributed by atoms with Crippen molar-refractivity contribution in [2.75, 3.05) is 11.8 Å². The molecular weight excluding hydrogens is 347 g/mol. The molecule has 1 aromatic rings. The van der Waals surface area contributed by atoms with Crippen molar-refractivity contribution in [2.24, 2.45) is 0 Å². The molecule has 0 unspecified atom stereocenters. The average molecular weight is 356 g/mol. The zero-order valence-electron chi connectivity index (χ0n) is 8.23. The van der Waals surface area contributed by atoms with E-state index in [2.05, 4.69) is 9.46 Å². The Kier molecular flexibility index (Phi) is 4.35. The van der Waals surface area contributed by atoms with Crippen LogP contribution >= 0.6 is 22.6 Å². The number of carbonyl (C=O) groups is 1. The molecule has 88 valence electrons. The van der Waals surface area contributed by atoms with E-state index < -0.39 is 16.3 Å². The molecule has 1 aromatic carbocycles. The number of anilines is 1. The van der Waals surface area contributed by atoms with Crippen LogP contribution in [0.3, 0.4) is 0 Å². The Bertz CT molecular complexity index is 489. The van der Waals surface area contributed by atoms with Crippen LogP contribution in [-0.4, -0.2) is 21.6 Å². The van der Waals surface area contributed by atoms with Crippen molar-refractivity contribution in [1.29, 1.82) is 0 Å². The predicted molar refractivity (Wildman–Crippen MR) is 67.2 cm³/mol. The first-order chi connectivity index (χ1) is 7.43. The lowest BCUT2D eigenvalue weighted by molar-refractivity contribution is 0.177. The Balaban J connectivity index is 2.77. The Morgan fingerprint density at radius 1 is 1.44 bits per heavy atom. The van der Waals surface area contributed by atoms with Crippen molar-refractivity contribution < 1.29 is 17.9 Å². The number of rotatable bonds is 3. The summed E-state index contributed by atoms with van der Waals surface area (Å²) in [5.41, 5.74) is 0.364. The number of hydrogen-bond acceptors (Lipinski definition) is 4. The molecule has 0 aliphatic carbocycles. The Labute approximate surface area is 107 Å². The summed E-state index contributed by atoms with van der Waals surface area (Å²) in [4.78, 5) is 10.7. The maximum atomic E-state index is 11.4. The number of methoxy groups -OCH3 is 1. The lowest BCUT2D eigenvalue weighted by atomic mass is 10.3. The van der Waals surface area contributed by atoms with Crippen LogP contribution in [0.25, 0.3) is 0 Å². The fourth-order valence-electron chi connectivity index (χ4n) is 0.884. The van der Waals surface area contributed by atoms with Crippen LogP contribution in [0.1, 0.15) is 0 Å². The van der Waals surface area contributed by atoms with E-state index in [1.165, 1.54) is 0 Å². The largest absolute Gasteiger partial charge is 0.452 e. The molecule has 2 N–H and O–H groups in total. The summed E-state index contributed by atoms with van der Waals surface area (Å²) >= 11 is 2.04. The van der Waals surface area contributed by atoms with Gasteiger partial charge in [0.05, 0.1) is 12.8 Å². The minimum Gasteiger partial charge on any atom is -0.452 e. The van der Waals surface area contributed by atoms with Crippen molar-refractivity contribution in [3.05, 3.63) is 27.8 Å².